The predicted molar refractivity (Wildman–Crippen MR) is 197 cm³/mol. The van der Waals surface area contributed by atoms with Gasteiger partial charge in [0.05, 0.1) is 12.2 Å². The van der Waals surface area contributed by atoms with Crippen molar-refractivity contribution in [2.24, 2.45) is 5.41 Å². The van der Waals surface area contributed by atoms with Gasteiger partial charge in [-0.05, 0) is 52.4 Å². The first-order valence-electron chi connectivity index (χ1n) is 20.1. The Morgan fingerprint density at radius 1 is 0.468 bits per heavy atom. The second-order valence-corrected chi connectivity index (χ2v) is 14.6. The van der Waals surface area contributed by atoms with Crippen LogP contribution in [0, 0.1) is 19.3 Å². The Labute approximate surface area is 291 Å². The van der Waals surface area contributed by atoms with Crippen LogP contribution in [0.2, 0.25) is 0 Å². The van der Waals surface area contributed by atoms with Crippen molar-refractivity contribution in [3.05, 3.63) is 13.8 Å². The molecule has 0 aromatic carbocycles. The Morgan fingerprint density at radius 3 is 1.02 bits per heavy atom. The molecule has 0 heterocycles. The molecule has 2 N–H and O–H groups in total. The molecule has 0 aliphatic carbocycles. The minimum absolute atomic E-state index is 0.0461. The summed E-state index contributed by atoms with van der Waals surface area (Å²) in [5, 5.41) is 20.1. The molecule has 278 valence electrons. The lowest BCUT2D eigenvalue weighted by Crippen LogP contribution is -2.29. The highest BCUT2D eigenvalue weighted by Gasteiger charge is 2.23. The summed E-state index contributed by atoms with van der Waals surface area (Å²) in [7, 11) is 0. The SMILES string of the molecule is [CH2]C([CH2])(COC(=O)CCCCCCCCCCC(O)CCCCCC)COC(=O)CCCCCCCCCCC(O)CCCCCC. The van der Waals surface area contributed by atoms with E-state index in [1.807, 2.05) is 0 Å². The van der Waals surface area contributed by atoms with Crippen molar-refractivity contribution in [2.45, 2.75) is 219 Å². The van der Waals surface area contributed by atoms with Gasteiger partial charge >= 0.3 is 11.9 Å². The highest BCUT2D eigenvalue weighted by molar-refractivity contribution is 5.69. The van der Waals surface area contributed by atoms with Crippen LogP contribution in [0.4, 0.5) is 0 Å². The van der Waals surface area contributed by atoms with Gasteiger partial charge in [0.1, 0.15) is 13.2 Å². The number of unbranched alkanes of at least 4 members (excludes halogenated alkanes) is 20. The van der Waals surface area contributed by atoms with Crippen LogP contribution >= 0.6 is 0 Å². The summed E-state index contributed by atoms with van der Waals surface area (Å²) in [5.41, 5.74) is -0.887. The third-order valence-corrected chi connectivity index (χ3v) is 9.20. The Balaban J connectivity index is 3.58. The molecule has 6 nitrogen and oxygen atoms in total. The average molecular weight is 667 g/mol. The molecule has 6 heteroatoms. The molecule has 2 radical (unpaired) electrons. The van der Waals surface area contributed by atoms with E-state index >= 15 is 0 Å². The van der Waals surface area contributed by atoms with Crippen LogP contribution in [0.3, 0.4) is 0 Å². The van der Waals surface area contributed by atoms with Gasteiger partial charge in [0.25, 0.3) is 0 Å². The maximum atomic E-state index is 12.2. The number of aliphatic hydroxyl groups excluding tert-OH is 2. The van der Waals surface area contributed by atoms with Crippen LogP contribution < -0.4 is 0 Å². The van der Waals surface area contributed by atoms with Gasteiger partial charge in [0.2, 0.25) is 0 Å². The summed E-state index contributed by atoms with van der Waals surface area (Å²) in [6.45, 7) is 12.5. The molecule has 0 bridgehead atoms. The maximum absolute atomic E-state index is 12.2. The third-order valence-electron chi connectivity index (χ3n) is 9.20. The topological polar surface area (TPSA) is 93.1 Å². The molecule has 0 saturated heterocycles. The lowest BCUT2D eigenvalue weighted by Gasteiger charge is -2.23. The highest BCUT2D eigenvalue weighted by atomic mass is 16.5. The van der Waals surface area contributed by atoms with Crippen LogP contribution in [0.5, 0.6) is 0 Å². The molecule has 2 unspecified atom stereocenters. The smallest absolute Gasteiger partial charge is 0.305 e. The predicted octanol–water partition coefficient (Wildman–Crippen LogP) is 11.2. The zero-order chi connectivity index (χ0) is 34.9. The van der Waals surface area contributed by atoms with Crippen LogP contribution in [0.15, 0.2) is 0 Å². The summed E-state index contributed by atoms with van der Waals surface area (Å²) in [6, 6.07) is 0. The standard InChI is InChI=1S/C41H78O6/c1-5-7-9-23-29-37(42)31-25-19-15-11-13-17-21-27-33-39(44)46-35-41(3,4)36-47-40(45)34-28-22-18-14-12-16-20-26-32-38(43)30-24-10-8-6-2/h37-38,42-43H,3-36H2,1-2H3. The monoisotopic (exact) mass is 667 g/mol. The van der Waals surface area contributed by atoms with Crippen molar-refractivity contribution in [3.8, 4) is 0 Å². The van der Waals surface area contributed by atoms with Gasteiger partial charge in [-0.1, -0.05) is 155 Å². The summed E-state index contributed by atoms with van der Waals surface area (Å²) < 4.78 is 10.7. The zero-order valence-corrected chi connectivity index (χ0v) is 31.2. The van der Waals surface area contributed by atoms with E-state index in [0.717, 1.165) is 89.9 Å². The van der Waals surface area contributed by atoms with E-state index in [4.69, 9.17) is 9.47 Å². The van der Waals surface area contributed by atoms with E-state index in [0.29, 0.717) is 12.8 Å². The van der Waals surface area contributed by atoms with Gasteiger partial charge in [-0.3, -0.25) is 9.59 Å². The van der Waals surface area contributed by atoms with Crippen LogP contribution in [0.25, 0.3) is 0 Å². The van der Waals surface area contributed by atoms with E-state index in [1.165, 1.54) is 89.9 Å². The summed E-state index contributed by atoms with van der Waals surface area (Å²) in [4.78, 5) is 24.3. The summed E-state index contributed by atoms with van der Waals surface area (Å²) in [5.74, 6) is -0.478. The van der Waals surface area contributed by atoms with E-state index < -0.39 is 5.41 Å². The van der Waals surface area contributed by atoms with E-state index in [-0.39, 0.29) is 37.4 Å². The van der Waals surface area contributed by atoms with Gasteiger partial charge < -0.3 is 19.7 Å². The van der Waals surface area contributed by atoms with Crippen LogP contribution in [-0.2, 0) is 19.1 Å². The molecule has 2 atom stereocenters. The number of hydrogen-bond donors (Lipinski definition) is 2. The first-order valence-corrected chi connectivity index (χ1v) is 20.1. The molecule has 47 heavy (non-hydrogen) atoms. The third kappa shape index (κ3) is 34.5. The lowest BCUT2D eigenvalue weighted by atomic mass is 9.96. The van der Waals surface area contributed by atoms with Crippen LogP contribution in [-0.4, -0.2) is 47.6 Å². The van der Waals surface area contributed by atoms with E-state index in [2.05, 4.69) is 27.7 Å². The molecule has 0 amide bonds. The molecule has 0 fully saturated rings. The van der Waals surface area contributed by atoms with Gasteiger partial charge in [0, 0.05) is 18.3 Å². The van der Waals surface area contributed by atoms with Gasteiger partial charge in [-0.2, -0.15) is 0 Å². The molecule has 0 saturated carbocycles. The Kier molecular flexibility index (Phi) is 32.6. The molecule has 0 aromatic rings. The van der Waals surface area contributed by atoms with Gasteiger partial charge in [0.15, 0.2) is 0 Å². The average Bonchev–Trinajstić information content (AvgIpc) is 3.05. The fraction of sp³-hybridized carbons (Fsp3) is 0.902. The van der Waals surface area contributed by atoms with Crippen molar-refractivity contribution in [2.75, 3.05) is 13.2 Å². The second-order valence-electron chi connectivity index (χ2n) is 14.6. The maximum Gasteiger partial charge on any atom is 0.305 e. The zero-order valence-electron chi connectivity index (χ0n) is 31.2. The quantitative estimate of drug-likeness (QED) is 0.0510. The number of ether oxygens (including phenoxy) is 2. The first-order chi connectivity index (χ1) is 22.7. The molecule has 0 spiro atoms. The van der Waals surface area contributed by atoms with Crippen molar-refractivity contribution in [1.82, 2.24) is 0 Å². The van der Waals surface area contributed by atoms with Crippen LogP contribution in [0.1, 0.15) is 206 Å². The van der Waals surface area contributed by atoms with Gasteiger partial charge in [-0.25, -0.2) is 0 Å². The van der Waals surface area contributed by atoms with Crippen molar-refractivity contribution >= 4 is 11.9 Å². The minimum Gasteiger partial charge on any atom is -0.465 e. The molecule has 0 rings (SSSR count). The fourth-order valence-corrected chi connectivity index (χ4v) is 5.98. The largest absolute Gasteiger partial charge is 0.465 e. The lowest BCUT2D eigenvalue weighted by molar-refractivity contribution is -0.150. The number of aliphatic hydroxyl groups is 2. The van der Waals surface area contributed by atoms with Crippen molar-refractivity contribution < 1.29 is 29.3 Å². The molecular weight excluding hydrogens is 588 g/mol. The molecule has 0 aliphatic rings. The van der Waals surface area contributed by atoms with Crippen molar-refractivity contribution in [1.29, 1.82) is 0 Å². The normalized spacial score (nSPS) is 13.1. The second kappa shape index (κ2) is 33.4. The summed E-state index contributed by atoms with van der Waals surface area (Å²) >= 11 is 0. The minimum atomic E-state index is -0.887. The highest BCUT2D eigenvalue weighted by Crippen LogP contribution is 2.19. The number of hydrogen-bond acceptors (Lipinski definition) is 6. The molecular formula is C41H78O6. The number of rotatable bonds is 36. The van der Waals surface area contributed by atoms with E-state index in [1.54, 1.807) is 0 Å². The molecule has 0 aromatic heterocycles. The molecule has 0 aliphatic heterocycles. The Morgan fingerprint density at radius 2 is 0.723 bits per heavy atom. The van der Waals surface area contributed by atoms with Crippen molar-refractivity contribution in [3.63, 3.8) is 0 Å². The summed E-state index contributed by atoms with van der Waals surface area (Å²) in [6.07, 6.45) is 32.0. The Hall–Kier alpha value is -1.14. The number of carbonyl (C=O) groups is 2. The number of carbonyl (C=O) groups excluding carboxylic acids is 2. The van der Waals surface area contributed by atoms with Gasteiger partial charge in [-0.15, -0.1) is 0 Å². The first kappa shape index (κ1) is 45.9. The Bertz CT molecular complexity index is 637. The fourth-order valence-electron chi connectivity index (χ4n) is 5.98. The number of esters is 2. The van der Waals surface area contributed by atoms with E-state index in [9.17, 15) is 19.8 Å².